The molecular weight excluding hydrogens is 451 g/mol. The Hall–Kier alpha value is -4.13. The fraction of sp³-hybridized carbons (Fsp3) is 0.250. The molecule has 1 atom stereocenters. The summed E-state index contributed by atoms with van der Waals surface area (Å²) in [5, 5.41) is 18.9. The quantitative estimate of drug-likeness (QED) is 0.689. The van der Waals surface area contributed by atoms with E-state index >= 15 is 0 Å². The van der Waals surface area contributed by atoms with Crippen LogP contribution in [0, 0.1) is 11.3 Å². The van der Waals surface area contributed by atoms with Crippen molar-refractivity contribution < 1.29 is 32.7 Å². The minimum Gasteiger partial charge on any atom is -0.478 e. The molecule has 0 spiro atoms. The van der Waals surface area contributed by atoms with Crippen molar-refractivity contribution in [1.29, 1.82) is 5.26 Å². The lowest BCUT2D eigenvalue weighted by molar-refractivity contribution is -0.137. The van der Waals surface area contributed by atoms with Crippen LogP contribution >= 0.6 is 0 Å². The van der Waals surface area contributed by atoms with Gasteiger partial charge in [0.1, 0.15) is 0 Å². The summed E-state index contributed by atoms with van der Waals surface area (Å²) < 4.78 is 39.9. The lowest BCUT2D eigenvalue weighted by Crippen LogP contribution is -2.50. The number of hydrogen-bond donors (Lipinski definition) is 1. The Balaban J connectivity index is 1.95. The Morgan fingerprint density at radius 3 is 2.53 bits per heavy atom. The van der Waals surface area contributed by atoms with Gasteiger partial charge in [-0.2, -0.15) is 18.4 Å². The van der Waals surface area contributed by atoms with Crippen molar-refractivity contribution in [3.63, 3.8) is 0 Å². The number of anilines is 1. The Kier molecular flexibility index (Phi) is 5.65. The summed E-state index contributed by atoms with van der Waals surface area (Å²) in [4.78, 5) is 40.7. The number of allylic oxidation sites excluding steroid dienone is 1. The fourth-order valence-corrected chi connectivity index (χ4v) is 4.47. The number of benzene rings is 2. The molecule has 0 bridgehead atoms. The Morgan fingerprint density at radius 2 is 1.88 bits per heavy atom. The molecule has 0 saturated heterocycles. The van der Waals surface area contributed by atoms with E-state index in [2.05, 4.69) is 0 Å². The predicted octanol–water partition coefficient (Wildman–Crippen LogP) is 4.90. The maximum absolute atomic E-state index is 13.5. The van der Waals surface area contributed by atoms with Gasteiger partial charge in [0.15, 0.2) is 5.78 Å². The molecule has 1 heterocycles. The molecule has 34 heavy (non-hydrogen) atoms. The molecule has 0 saturated carbocycles. The van der Waals surface area contributed by atoms with E-state index in [0.29, 0.717) is 6.42 Å². The van der Waals surface area contributed by atoms with Gasteiger partial charge < -0.3 is 10.0 Å². The zero-order valence-corrected chi connectivity index (χ0v) is 17.9. The molecule has 2 aromatic rings. The average Bonchev–Trinajstić information content (AvgIpc) is 2.80. The van der Waals surface area contributed by atoms with E-state index < -0.39 is 29.8 Å². The van der Waals surface area contributed by atoms with Crippen LogP contribution in [0.2, 0.25) is 0 Å². The number of aromatic carboxylic acids is 1. The minimum absolute atomic E-state index is 0.0365. The highest BCUT2D eigenvalue weighted by Gasteiger charge is 2.44. The second-order valence-corrected chi connectivity index (χ2v) is 8.04. The van der Waals surface area contributed by atoms with Gasteiger partial charge in [-0.15, -0.1) is 0 Å². The van der Waals surface area contributed by atoms with Crippen molar-refractivity contribution >= 4 is 23.5 Å². The summed E-state index contributed by atoms with van der Waals surface area (Å²) in [6, 6.07) is 8.34. The van der Waals surface area contributed by atoms with E-state index in [9.17, 15) is 32.7 Å². The predicted molar refractivity (Wildman–Crippen MR) is 114 cm³/mol. The molecule has 174 valence electrons. The standard InChI is InChI=1S/C24H18F3N3O4/c1-29-21(16-9-8-13(12-28)10-17(16)22(32)33)20-18(6-3-7-19(20)31)30(23(29)34)15-5-2-4-14(11-15)24(25,26)27/h2,4-5,8-11,21H,3,6-7H2,1H3,(H,32,33). The molecule has 1 aliphatic carbocycles. The average molecular weight is 469 g/mol. The van der Waals surface area contributed by atoms with Gasteiger partial charge in [-0.3, -0.25) is 9.69 Å². The molecular formula is C24H18F3N3O4. The number of rotatable bonds is 3. The summed E-state index contributed by atoms with van der Waals surface area (Å²) in [5.41, 5.74) is -0.545. The first-order chi connectivity index (χ1) is 16.0. The van der Waals surface area contributed by atoms with Crippen LogP contribution in [0.4, 0.5) is 23.7 Å². The van der Waals surface area contributed by atoms with Crippen LogP contribution in [0.3, 0.4) is 0 Å². The minimum atomic E-state index is -4.62. The van der Waals surface area contributed by atoms with Crippen LogP contribution in [0.1, 0.15) is 52.4 Å². The second kappa shape index (κ2) is 8.33. The molecule has 1 aliphatic heterocycles. The molecule has 10 heteroatoms. The number of likely N-dealkylation sites (N-methyl/N-ethyl adjacent to an activating group) is 1. The molecule has 0 aromatic heterocycles. The maximum Gasteiger partial charge on any atom is 0.416 e. The van der Waals surface area contributed by atoms with Crippen molar-refractivity contribution in [3.05, 3.63) is 76.0 Å². The van der Waals surface area contributed by atoms with Crippen molar-refractivity contribution in [3.8, 4) is 6.07 Å². The highest BCUT2D eigenvalue weighted by atomic mass is 19.4. The fourth-order valence-electron chi connectivity index (χ4n) is 4.47. The van der Waals surface area contributed by atoms with Crippen LogP contribution in [-0.2, 0) is 11.0 Å². The number of ketones is 1. The molecule has 0 fully saturated rings. The number of nitrogens with zero attached hydrogens (tertiary/aromatic N) is 3. The first kappa shape index (κ1) is 23.0. The highest BCUT2D eigenvalue weighted by Crippen LogP contribution is 2.44. The van der Waals surface area contributed by atoms with Gasteiger partial charge in [0.25, 0.3) is 0 Å². The number of alkyl halides is 3. The summed E-state index contributed by atoms with van der Waals surface area (Å²) in [6.07, 6.45) is -3.81. The number of nitriles is 1. The normalized spacial score (nSPS) is 18.6. The van der Waals surface area contributed by atoms with E-state index in [1.165, 1.54) is 37.4 Å². The van der Waals surface area contributed by atoms with Gasteiger partial charge in [0.2, 0.25) is 0 Å². The van der Waals surface area contributed by atoms with Crippen LogP contribution in [-0.4, -0.2) is 34.8 Å². The summed E-state index contributed by atoms with van der Waals surface area (Å²) in [7, 11) is 1.36. The Labute approximate surface area is 192 Å². The van der Waals surface area contributed by atoms with Crippen molar-refractivity contribution in [2.75, 3.05) is 11.9 Å². The monoisotopic (exact) mass is 469 g/mol. The van der Waals surface area contributed by atoms with Crippen LogP contribution in [0.5, 0.6) is 0 Å². The Morgan fingerprint density at radius 1 is 1.15 bits per heavy atom. The lowest BCUT2D eigenvalue weighted by Gasteiger charge is -2.44. The summed E-state index contributed by atoms with van der Waals surface area (Å²) in [5.74, 6) is -1.65. The van der Waals surface area contributed by atoms with Gasteiger partial charge in [-0.1, -0.05) is 12.1 Å². The maximum atomic E-state index is 13.5. The van der Waals surface area contributed by atoms with Crippen LogP contribution in [0.15, 0.2) is 53.7 Å². The highest BCUT2D eigenvalue weighted by molar-refractivity contribution is 6.07. The lowest BCUT2D eigenvalue weighted by atomic mass is 9.82. The number of carbonyl (C=O) groups is 3. The van der Waals surface area contributed by atoms with E-state index in [1.54, 1.807) is 0 Å². The van der Waals surface area contributed by atoms with Crippen molar-refractivity contribution in [1.82, 2.24) is 4.90 Å². The molecule has 1 N–H and O–H groups in total. The number of carboxylic acids is 1. The zero-order chi connectivity index (χ0) is 24.8. The van der Waals surface area contributed by atoms with Gasteiger partial charge in [0, 0.05) is 24.7 Å². The molecule has 0 radical (unpaired) electrons. The van der Waals surface area contributed by atoms with Gasteiger partial charge in [-0.05, 0) is 48.7 Å². The van der Waals surface area contributed by atoms with Crippen molar-refractivity contribution in [2.24, 2.45) is 0 Å². The van der Waals surface area contributed by atoms with Gasteiger partial charge >= 0.3 is 18.2 Å². The molecule has 7 nitrogen and oxygen atoms in total. The number of carboxylic acid groups (broad SMARTS) is 1. The van der Waals surface area contributed by atoms with E-state index in [1.807, 2.05) is 6.07 Å². The van der Waals surface area contributed by atoms with E-state index in [4.69, 9.17) is 5.26 Å². The molecule has 2 aliphatic rings. The number of urea groups is 1. The topological polar surface area (TPSA) is 102 Å². The molecule has 4 rings (SSSR count). The van der Waals surface area contributed by atoms with E-state index in [-0.39, 0.29) is 52.3 Å². The number of halogens is 3. The first-order valence-corrected chi connectivity index (χ1v) is 10.3. The number of amides is 2. The number of hydrogen-bond acceptors (Lipinski definition) is 4. The largest absolute Gasteiger partial charge is 0.478 e. The van der Waals surface area contributed by atoms with Gasteiger partial charge in [-0.25, -0.2) is 9.59 Å². The second-order valence-electron chi connectivity index (χ2n) is 8.04. The third-order valence-corrected chi connectivity index (χ3v) is 5.99. The number of carbonyl (C=O) groups excluding carboxylic acids is 2. The van der Waals surface area contributed by atoms with Gasteiger partial charge in [0.05, 0.1) is 34.5 Å². The summed E-state index contributed by atoms with van der Waals surface area (Å²) >= 11 is 0. The summed E-state index contributed by atoms with van der Waals surface area (Å²) in [6.45, 7) is 0. The van der Waals surface area contributed by atoms with Crippen molar-refractivity contribution in [2.45, 2.75) is 31.5 Å². The zero-order valence-electron chi connectivity index (χ0n) is 17.9. The SMILES string of the molecule is CN1C(=O)N(c2cccc(C(F)(F)F)c2)C2=C(C(=O)CCC2)C1c1ccc(C#N)cc1C(=O)O. The van der Waals surface area contributed by atoms with Crippen LogP contribution in [0.25, 0.3) is 0 Å². The Bertz CT molecular complexity index is 1290. The molecule has 1 unspecified atom stereocenters. The third-order valence-electron chi connectivity index (χ3n) is 5.99. The first-order valence-electron chi connectivity index (χ1n) is 10.3. The molecule has 2 aromatic carbocycles. The smallest absolute Gasteiger partial charge is 0.416 e. The van der Waals surface area contributed by atoms with E-state index in [0.717, 1.165) is 21.9 Å². The number of Topliss-reactive ketones (excluding diaryl/α,β-unsaturated/α-hetero) is 1. The van der Waals surface area contributed by atoms with Crippen LogP contribution < -0.4 is 4.90 Å². The molecule has 2 amide bonds. The third kappa shape index (κ3) is 3.79.